The van der Waals surface area contributed by atoms with Gasteiger partial charge < -0.3 is 25.2 Å². The average Bonchev–Trinajstić information content (AvgIpc) is 3.51. The average molecular weight is 722 g/mol. The van der Waals surface area contributed by atoms with E-state index in [4.69, 9.17) is 15.2 Å². The first-order valence-electron chi connectivity index (χ1n) is 18.4. The van der Waals surface area contributed by atoms with Gasteiger partial charge >= 0.3 is 0 Å². The zero-order valence-electron chi connectivity index (χ0n) is 30.2. The number of amides is 3. The maximum Gasteiger partial charge on any atom is 0.255 e. The molecule has 2 aliphatic rings. The van der Waals surface area contributed by atoms with Gasteiger partial charge in [0.1, 0.15) is 23.3 Å². The van der Waals surface area contributed by atoms with Gasteiger partial charge in [-0.25, -0.2) is 0 Å². The van der Waals surface area contributed by atoms with E-state index in [0.29, 0.717) is 43.2 Å². The van der Waals surface area contributed by atoms with Crippen LogP contribution in [-0.4, -0.2) is 47.0 Å². The lowest BCUT2D eigenvalue weighted by Gasteiger charge is -2.29. The Hall–Kier alpha value is -6.35. The number of hydrogen-bond donors (Lipinski definition) is 3. The molecule has 5 aromatic rings. The molecule has 0 saturated carbocycles. The van der Waals surface area contributed by atoms with Gasteiger partial charge in [0.2, 0.25) is 11.8 Å². The van der Waals surface area contributed by atoms with Crippen molar-refractivity contribution >= 4 is 34.6 Å². The maximum absolute atomic E-state index is 13.1. The summed E-state index contributed by atoms with van der Waals surface area (Å²) in [6.45, 7) is 3.47. The fraction of sp³-hybridized carbons (Fsp3) is 0.222. The van der Waals surface area contributed by atoms with E-state index in [9.17, 15) is 19.5 Å². The van der Waals surface area contributed by atoms with Crippen LogP contribution in [0, 0.1) is 0 Å². The highest BCUT2D eigenvalue weighted by Gasteiger charge is 2.39. The molecule has 9 nitrogen and oxygen atoms in total. The number of carbonyl (C=O) groups is 3. The number of anilines is 1. The third-order valence-electron chi connectivity index (χ3n) is 10.0. The number of nitrogen functional groups attached to an aromatic ring is 1. The summed E-state index contributed by atoms with van der Waals surface area (Å²) in [5, 5.41) is 12.3. The van der Waals surface area contributed by atoms with Crippen LogP contribution in [0.2, 0.25) is 0 Å². The molecular formula is C45H43N3O6. The number of nitrogens with one attached hydrogen (secondary N) is 1. The summed E-state index contributed by atoms with van der Waals surface area (Å²) in [5.74, 6) is 0.683. The fourth-order valence-corrected chi connectivity index (χ4v) is 7.19. The molecule has 1 saturated heterocycles. The van der Waals surface area contributed by atoms with Crippen molar-refractivity contribution in [3.63, 3.8) is 0 Å². The van der Waals surface area contributed by atoms with Crippen LogP contribution in [0.3, 0.4) is 0 Å². The highest BCUT2D eigenvalue weighted by atomic mass is 16.5. The lowest BCUT2D eigenvalue weighted by atomic mass is 9.88. The fourth-order valence-electron chi connectivity index (χ4n) is 7.19. The summed E-state index contributed by atoms with van der Waals surface area (Å²) in [6, 6.07) is 36.5. The van der Waals surface area contributed by atoms with Crippen molar-refractivity contribution in [1.82, 2.24) is 10.2 Å². The first-order valence-corrected chi connectivity index (χ1v) is 18.4. The van der Waals surface area contributed by atoms with E-state index in [0.717, 1.165) is 58.4 Å². The summed E-state index contributed by atoms with van der Waals surface area (Å²) in [7, 11) is 0. The predicted octanol–water partition coefficient (Wildman–Crippen LogP) is 8.01. The van der Waals surface area contributed by atoms with E-state index in [-0.39, 0.29) is 24.0 Å². The molecule has 1 fully saturated rings. The van der Waals surface area contributed by atoms with Crippen LogP contribution < -0.4 is 20.5 Å². The number of piperidine rings is 1. The molecule has 2 heterocycles. The van der Waals surface area contributed by atoms with Gasteiger partial charge in [-0.1, -0.05) is 73.7 Å². The number of nitrogens with zero attached hydrogens (tertiary/aromatic N) is 1. The number of benzene rings is 5. The molecule has 2 aliphatic heterocycles. The van der Waals surface area contributed by atoms with Gasteiger partial charge in [-0.05, 0) is 119 Å². The smallest absolute Gasteiger partial charge is 0.255 e. The number of unbranched alkanes of at least 4 members (excludes halogenated alkanes) is 1. The molecule has 1 unspecified atom stereocenters. The third kappa shape index (κ3) is 7.85. The normalized spacial score (nSPS) is 15.8. The Balaban J connectivity index is 0.938. The predicted molar refractivity (Wildman–Crippen MR) is 210 cm³/mol. The van der Waals surface area contributed by atoms with Gasteiger partial charge in [-0.15, -0.1) is 0 Å². The second-order valence-corrected chi connectivity index (χ2v) is 13.6. The summed E-state index contributed by atoms with van der Waals surface area (Å²) in [6.07, 6.45) is 2.95. The van der Waals surface area contributed by atoms with Gasteiger partial charge in [0.25, 0.3) is 5.91 Å². The molecule has 274 valence electrons. The topological polar surface area (TPSA) is 131 Å². The Bertz CT molecular complexity index is 2200. The number of phenols is 1. The highest BCUT2D eigenvalue weighted by molar-refractivity contribution is 6.05. The van der Waals surface area contributed by atoms with Crippen molar-refractivity contribution in [3.8, 4) is 28.4 Å². The minimum absolute atomic E-state index is 0.199. The second-order valence-electron chi connectivity index (χ2n) is 13.6. The molecule has 0 aromatic heterocycles. The molecule has 0 spiro atoms. The van der Waals surface area contributed by atoms with Crippen LogP contribution in [0.25, 0.3) is 22.3 Å². The largest absolute Gasteiger partial charge is 0.508 e. The van der Waals surface area contributed by atoms with E-state index in [2.05, 4.69) is 48.6 Å². The number of fused-ring (bicyclic) bond motifs is 1. The van der Waals surface area contributed by atoms with Crippen molar-refractivity contribution in [2.45, 2.75) is 51.6 Å². The zero-order chi connectivity index (χ0) is 37.6. The minimum Gasteiger partial charge on any atom is -0.508 e. The zero-order valence-corrected chi connectivity index (χ0v) is 30.2. The molecule has 5 aromatic carbocycles. The van der Waals surface area contributed by atoms with Crippen LogP contribution in [0.5, 0.6) is 17.2 Å². The third-order valence-corrected chi connectivity index (χ3v) is 10.0. The number of ether oxygens (including phenoxy) is 2. The summed E-state index contributed by atoms with van der Waals surface area (Å²) < 4.78 is 12.2. The Morgan fingerprint density at radius 3 is 2.17 bits per heavy atom. The summed E-state index contributed by atoms with van der Waals surface area (Å²) in [4.78, 5) is 38.7. The van der Waals surface area contributed by atoms with Gasteiger partial charge in [-0.3, -0.25) is 19.7 Å². The van der Waals surface area contributed by atoms with E-state index in [1.54, 1.807) is 23.1 Å². The van der Waals surface area contributed by atoms with Crippen molar-refractivity contribution in [1.29, 1.82) is 0 Å². The van der Waals surface area contributed by atoms with E-state index in [1.807, 2.05) is 60.7 Å². The van der Waals surface area contributed by atoms with Crippen LogP contribution in [0.1, 0.15) is 71.6 Å². The maximum atomic E-state index is 13.1. The van der Waals surface area contributed by atoms with E-state index in [1.165, 1.54) is 11.1 Å². The number of allylic oxidation sites excluding steroid dienone is 1. The number of hydrogen-bond acceptors (Lipinski definition) is 7. The molecule has 1 atom stereocenters. The Labute approximate surface area is 315 Å². The first-order chi connectivity index (χ1) is 26.3. The van der Waals surface area contributed by atoms with E-state index < -0.39 is 11.9 Å². The molecule has 9 heteroatoms. The summed E-state index contributed by atoms with van der Waals surface area (Å²) in [5.41, 5.74) is 15.7. The van der Waals surface area contributed by atoms with Crippen molar-refractivity contribution in [2.24, 2.45) is 0 Å². The monoisotopic (exact) mass is 721 g/mol. The number of carbonyl (C=O) groups excluding carboxylic acids is 3. The van der Waals surface area contributed by atoms with Crippen LogP contribution in [0.4, 0.5) is 5.69 Å². The van der Waals surface area contributed by atoms with Gasteiger partial charge in [0.05, 0.1) is 18.9 Å². The van der Waals surface area contributed by atoms with Gasteiger partial charge in [0.15, 0.2) is 0 Å². The minimum atomic E-state index is -0.652. The molecule has 0 radical (unpaired) electrons. The van der Waals surface area contributed by atoms with Gasteiger partial charge in [-0.2, -0.15) is 0 Å². The van der Waals surface area contributed by atoms with Gasteiger partial charge in [0, 0.05) is 18.5 Å². The van der Waals surface area contributed by atoms with Crippen LogP contribution >= 0.6 is 0 Å². The number of phenolic OH excluding ortho intramolecular Hbond substituents is 1. The molecule has 0 bridgehead atoms. The lowest BCUT2D eigenvalue weighted by Crippen LogP contribution is -2.52. The lowest BCUT2D eigenvalue weighted by molar-refractivity contribution is -0.136. The van der Waals surface area contributed by atoms with Crippen molar-refractivity contribution in [3.05, 3.63) is 143 Å². The molecule has 0 aliphatic carbocycles. The molecule has 54 heavy (non-hydrogen) atoms. The standard InChI is InChI=1S/C45H43N3O6/c1-2-37(29-8-4-3-5-9-29)43(30-10-16-35(49)17-11-30)31-12-18-36(19-13-31)53-24-6-7-25-54-41-27-33(15-21-39(41)46)32-14-20-38-34(26-32)28-48(45(38)52)40-22-23-42(50)47-44(40)51/h3-5,8-21,26-27,40,49H,2,6-7,22-25,28,46H2,1H3,(H,47,50,51)/b43-37-. The Kier molecular flexibility index (Phi) is 10.8. The molecule has 3 amide bonds. The molecule has 4 N–H and O–H groups in total. The van der Waals surface area contributed by atoms with Crippen LogP contribution in [-0.2, 0) is 16.1 Å². The first kappa shape index (κ1) is 36.0. The second kappa shape index (κ2) is 16.1. The van der Waals surface area contributed by atoms with E-state index >= 15 is 0 Å². The molecular weight excluding hydrogens is 679 g/mol. The summed E-state index contributed by atoms with van der Waals surface area (Å²) >= 11 is 0. The highest BCUT2D eigenvalue weighted by Crippen LogP contribution is 2.36. The Morgan fingerprint density at radius 2 is 1.46 bits per heavy atom. The van der Waals surface area contributed by atoms with Crippen molar-refractivity contribution in [2.75, 3.05) is 18.9 Å². The quantitative estimate of drug-likeness (QED) is 0.0486. The number of imide groups is 1. The SMILES string of the molecule is CC/C(=C(\c1ccc(O)cc1)c1ccc(OCCCCOc2cc(-c3ccc4c(c3)CN(C3CCC(=O)NC3=O)C4=O)ccc2N)cc1)c1ccccc1. The Morgan fingerprint density at radius 1 is 0.796 bits per heavy atom. The van der Waals surface area contributed by atoms with Crippen molar-refractivity contribution < 1.29 is 29.0 Å². The number of rotatable bonds is 13. The number of nitrogens with two attached hydrogens (primary N) is 1. The number of aromatic hydroxyl groups is 1. The molecule has 7 rings (SSSR count). The van der Waals surface area contributed by atoms with Crippen LogP contribution in [0.15, 0.2) is 115 Å².